The number of hydrazone groups is 1. The van der Waals surface area contributed by atoms with Crippen molar-refractivity contribution in [1.82, 2.24) is 9.91 Å². The smallest absolute Gasteiger partial charge is 0.309 e. The Bertz CT molecular complexity index is 1100. The second kappa shape index (κ2) is 10.3. The highest BCUT2D eigenvalue weighted by Crippen LogP contribution is 2.45. The van der Waals surface area contributed by atoms with Gasteiger partial charge in [0.1, 0.15) is 0 Å². The summed E-state index contributed by atoms with van der Waals surface area (Å²) in [5.41, 5.74) is 1.93. The van der Waals surface area contributed by atoms with E-state index in [0.29, 0.717) is 12.1 Å². The SMILES string of the molecule is CN(C)CCCN1N=C2/C(=C\c3ccc(C(F)(F)F)cc3)CCCC2C1c1ccc(C(F)(F)F)cc1. The van der Waals surface area contributed by atoms with Crippen LogP contribution in [-0.2, 0) is 12.4 Å². The van der Waals surface area contributed by atoms with Gasteiger partial charge in [-0.05, 0) is 93.4 Å². The highest BCUT2D eigenvalue weighted by molar-refractivity contribution is 6.07. The van der Waals surface area contributed by atoms with Gasteiger partial charge in [-0.25, -0.2) is 0 Å². The first-order valence-corrected chi connectivity index (χ1v) is 12.0. The summed E-state index contributed by atoms with van der Waals surface area (Å²) in [4.78, 5) is 2.07. The van der Waals surface area contributed by atoms with E-state index in [1.165, 1.54) is 12.1 Å². The minimum absolute atomic E-state index is 0.00976. The van der Waals surface area contributed by atoms with Gasteiger partial charge in [-0.2, -0.15) is 31.4 Å². The molecule has 1 aliphatic carbocycles. The van der Waals surface area contributed by atoms with Gasteiger partial charge in [-0.3, -0.25) is 5.01 Å². The van der Waals surface area contributed by atoms with Crippen LogP contribution in [0.25, 0.3) is 6.08 Å². The molecule has 194 valence electrons. The van der Waals surface area contributed by atoms with Gasteiger partial charge in [0.25, 0.3) is 0 Å². The predicted molar refractivity (Wildman–Crippen MR) is 128 cm³/mol. The molecule has 0 bridgehead atoms. The van der Waals surface area contributed by atoms with E-state index in [9.17, 15) is 26.3 Å². The van der Waals surface area contributed by atoms with Crippen LogP contribution in [0.3, 0.4) is 0 Å². The van der Waals surface area contributed by atoms with Crippen molar-refractivity contribution in [2.45, 2.75) is 44.1 Å². The lowest BCUT2D eigenvalue weighted by atomic mass is 9.77. The fourth-order valence-corrected chi connectivity index (χ4v) is 5.00. The Labute approximate surface area is 207 Å². The summed E-state index contributed by atoms with van der Waals surface area (Å²) in [6.07, 6.45) is -3.59. The molecule has 1 heterocycles. The molecular weight excluding hydrogens is 480 g/mol. The van der Waals surface area contributed by atoms with Crippen LogP contribution in [0.5, 0.6) is 0 Å². The Morgan fingerprint density at radius 2 is 1.50 bits per heavy atom. The van der Waals surface area contributed by atoms with Gasteiger partial charge >= 0.3 is 12.4 Å². The molecule has 0 saturated heterocycles. The minimum Gasteiger partial charge on any atom is -0.309 e. The minimum atomic E-state index is -4.40. The standard InChI is InChI=1S/C27H29F6N3/c1-35(2)15-4-16-36-25(19-9-13-22(14-10-19)27(31,32)33)23-6-3-5-20(24(23)34-36)17-18-7-11-21(12-8-18)26(28,29)30/h7-14,17,23,25H,3-6,15-16H2,1-2H3/b20-17-. The van der Waals surface area contributed by atoms with Crippen molar-refractivity contribution >= 4 is 11.8 Å². The van der Waals surface area contributed by atoms with Crippen LogP contribution in [0, 0.1) is 5.92 Å². The van der Waals surface area contributed by atoms with Crippen LogP contribution in [0.2, 0.25) is 0 Å². The second-order valence-electron chi connectivity index (χ2n) is 9.66. The zero-order chi connectivity index (χ0) is 26.1. The third-order valence-electron chi connectivity index (χ3n) is 6.73. The molecule has 2 aromatic carbocycles. The lowest BCUT2D eigenvalue weighted by Crippen LogP contribution is -2.29. The van der Waals surface area contributed by atoms with Gasteiger partial charge in [0.15, 0.2) is 0 Å². The summed E-state index contributed by atoms with van der Waals surface area (Å²) in [6.45, 7) is 1.50. The molecule has 0 spiro atoms. The summed E-state index contributed by atoms with van der Waals surface area (Å²) in [5, 5.41) is 6.92. The molecule has 0 radical (unpaired) electrons. The molecule has 1 saturated carbocycles. The average Bonchev–Trinajstić information content (AvgIpc) is 3.17. The third-order valence-corrected chi connectivity index (χ3v) is 6.73. The quantitative estimate of drug-likeness (QED) is 0.382. The van der Waals surface area contributed by atoms with E-state index >= 15 is 0 Å². The molecule has 1 aliphatic heterocycles. The van der Waals surface area contributed by atoms with Gasteiger partial charge < -0.3 is 4.90 Å². The maximum Gasteiger partial charge on any atom is 0.416 e. The maximum atomic E-state index is 13.1. The number of benzene rings is 2. The average molecular weight is 510 g/mol. The molecule has 2 aliphatic rings. The summed E-state index contributed by atoms with van der Waals surface area (Å²) in [7, 11) is 3.96. The molecule has 0 aromatic heterocycles. The summed E-state index contributed by atoms with van der Waals surface area (Å²) >= 11 is 0. The van der Waals surface area contributed by atoms with Crippen LogP contribution in [0.1, 0.15) is 54.0 Å². The summed E-state index contributed by atoms with van der Waals surface area (Å²) in [6, 6.07) is 10.2. The Kier molecular flexibility index (Phi) is 7.50. The molecule has 2 atom stereocenters. The van der Waals surface area contributed by atoms with E-state index in [2.05, 4.69) is 4.90 Å². The largest absolute Gasteiger partial charge is 0.416 e. The second-order valence-corrected chi connectivity index (χ2v) is 9.66. The zero-order valence-electron chi connectivity index (χ0n) is 20.2. The fourth-order valence-electron chi connectivity index (χ4n) is 5.00. The third kappa shape index (κ3) is 5.94. The van der Waals surface area contributed by atoms with Crippen LogP contribution >= 0.6 is 0 Å². The molecular formula is C27H29F6N3. The molecule has 3 nitrogen and oxygen atoms in total. The van der Waals surface area contributed by atoms with E-state index in [-0.39, 0.29) is 12.0 Å². The first-order valence-electron chi connectivity index (χ1n) is 12.0. The molecule has 2 unspecified atom stereocenters. The normalized spacial score (nSPS) is 21.8. The van der Waals surface area contributed by atoms with Gasteiger partial charge in [0.2, 0.25) is 0 Å². The molecule has 2 aromatic rings. The number of alkyl halides is 6. The Balaban J connectivity index is 1.64. The summed E-state index contributed by atoms with van der Waals surface area (Å²) in [5.74, 6) is 0.00976. The molecule has 0 N–H and O–H groups in total. The Hall–Kier alpha value is -2.81. The lowest BCUT2D eigenvalue weighted by molar-refractivity contribution is -0.138. The lowest BCUT2D eigenvalue weighted by Gasteiger charge is -2.31. The van der Waals surface area contributed by atoms with Gasteiger partial charge in [-0.1, -0.05) is 24.3 Å². The first-order chi connectivity index (χ1) is 16.9. The monoisotopic (exact) mass is 509 g/mol. The van der Waals surface area contributed by atoms with Crippen molar-refractivity contribution in [3.63, 3.8) is 0 Å². The Morgan fingerprint density at radius 1 is 0.917 bits per heavy atom. The number of hydrogen-bond donors (Lipinski definition) is 0. The van der Waals surface area contributed by atoms with E-state index < -0.39 is 23.5 Å². The van der Waals surface area contributed by atoms with Crippen LogP contribution in [0.15, 0.2) is 59.2 Å². The topological polar surface area (TPSA) is 18.8 Å². The Morgan fingerprint density at radius 3 is 2.06 bits per heavy atom. The first kappa shape index (κ1) is 26.3. The number of rotatable bonds is 6. The predicted octanol–water partition coefficient (Wildman–Crippen LogP) is 7.27. The number of hydrogen-bond acceptors (Lipinski definition) is 3. The number of fused-ring (bicyclic) bond motifs is 1. The van der Waals surface area contributed by atoms with Crippen molar-refractivity contribution in [2.75, 3.05) is 27.2 Å². The van der Waals surface area contributed by atoms with E-state index in [0.717, 1.165) is 73.3 Å². The van der Waals surface area contributed by atoms with Crippen molar-refractivity contribution < 1.29 is 26.3 Å². The molecule has 1 fully saturated rings. The van der Waals surface area contributed by atoms with E-state index in [4.69, 9.17) is 5.10 Å². The highest BCUT2D eigenvalue weighted by atomic mass is 19.4. The number of halogens is 6. The maximum absolute atomic E-state index is 13.1. The molecule has 36 heavy (non-hydrogen) atoms. The van der Waals surface area contributed by atoms with Crippen LogP contribution < -0.4 is 0 Å². The fraction of sp³-hybridized carbons (Fsp3) is 0.444. The number of nitrogens with zero attached hydrogens (tertiary/aromatic N) is 3. The molecule has 4 rings (SSSR count). The van der Waals surface area contributed by atoms with Gasteiger partial charge in [0.05, 0.1) is 22.9 Å². The van der Waals surface area contributed by atoms with Gasteiger partial charge in [0, 0.05) is 12.5 Å². The van der Waals surface area contributed by atoms with Crippen molar-refractivity contribution in [3.8, 4) is 0 Å². The van der Waals surface area contributed by atoms with Crippen molar-refractivity contribution in [1.29, 1.82) is 0 Å². The molecule has 0 amide bonds. The van der Waals surface area contributed by atoms with Gasteiger partial charge in [-0.15, -0.1) is 0 Å². The van der Waals surface area contributed by atoms with E-state index in [1.807, 2.05) is 25.2 Å². The zero-order valence-corrected chi connectivity index (χ0v) is 20.2. The molecule has 9 heteroatoms. The number of allylic oxidation sites excluding steroid dienone is 1. The van der Waals surface area contributed by atoms with Crippen molar-refractivity contribution in [2.24, 2.45) is 11.0 Å². The van der Waals surface area contributed by atoms with Crippen LogP contribution in [-0.4, -0.2) is 42.8 Å². The van der Waals surface area contributed by atoms with Crippen molar-refractivity contribution in [3.05, 3.63) is 76.4 Å². The highest BCUT2D eigenvalue weighted by Gasteiger charge is 2.41. The van der Waals surface area contributed by atoms with Crippen LogP contribution in [0.4, 0.5) is 26.3 Å². The summed E-state index contributed by atoms with van der Waals surface area (Å²) < 4.78 is 78.2. The van der Waals surface area contributed by atoms with E-state index in [1.54, 1.807) is 12.1 Å².